The zero-order valence-corrected chi connectivity index (χ0v) is 3.84. The highest BCUT2D eigenvalue weighted by Gasteiger charge is 1.73. The molecule has 0 rings (SSSR count). The van der Waals surface area contributed by atoms with Crippen molar-refractivity contribution in [3.05, 3.63) is 0 Å². The molecule has 5 heavy (non-hydrogen) atoms. The van der Waals surface area contributed by atoms with Gasteiger partial charge in [0.05, 0.1) is 0 Å². The van der Waals surface area contributed by atoms with E-state index in [0.29, 0.717) is 0 Å². The van der Waals surface area contributed by atoms with E-state index in [0.717, 1.165) is 0 Å². The predicted octanol–water partition coefficient (Wildman–Crippen LogP) is 0.385. The van der Waals surface area contributed by atoms with Gasteiger partial charge in [-0.05, 0) is 0 Å². The summed E-state index contributed by atoms with van der Waals surface area (Å²) in [6, 6.07) is 0. The maximum Gasteiger partial charge on any atom is 0.0370 e. The van der Waals surface area contributed by atoms with Gasteiger partial charge in [-0.3, -0.25) is 4.21 Å². The fourth-order valence-electron chi connectivity index (χ4n) is 0. The van der Waals surface area contributed by atoms with Crippen LogP contribution in [0.4, 0.5) is 0 Å². The van der Waals surface area contributed by atoms with Crippen LogP contribution >= 0.6 is 0 Å². The molecule has 0 aromatic rings. The molecule has 0 aliphatic rings. The Hall–Kier alpha value is 0.150. The highest BCUT2D eigenvalue weighted by Crippen LogP contribution is 1.64. The Bertz CT molecular complexity index is 97.2. The minimum Gasteiger partial charge on any atom is -0.260 e. The highest BCUT2D eigenvalue weighted by molar-refractivity contribution is 7.84. The molecule has 1 unspecified atom stereocenters. The SMILES string of the molecule is [2H]C([2H])([2H])S(=O)CC. The largest absolute Gasteiger partial charge is 0.260 e. The average Bonchev–Trinajstić information content (AvgIpc) is 1.62. The molecule has 0 radical (unpaired) electrons. The molecule has 0 spiro atoms. The molecule has 0 aliphatic heterocycles. The highest BCUT2D eigenvalue weighted by atomic mass is 32.2. The molecule has 0 aromatic carbocycles. The van der Waals surface area contributed by atoms with E-state index in [1.54, 1.807) is 6.92 Å². The molecule has 1 nitrogen and oxygen atoms in total. The monoisotopic (exact) mass is 95.0 g/mol. The van der Waals surface area contributed by atoms with E-state index in [1.165, 1.54) is 0 Å². The van der Waals surface area contributed by atoms with Crippen LogP contribution in [0.5, 0.6) is 0 Å². The summed E-state index contributed by atoms with van der Waals surface area (Å²) in [5.41, 5.74) is 0. The first-order valence-corrected chi connectivity index (χ1v) is 2.69. The van der Waals surface area contributed by atoms with Gasteiger partial charge in [0.1, 0.15) is 0 Å². The summed E-state index contributed by atoms with van der Waals surface area (Å²) >= 11 is 0. The van der Waals surface area contributed by atoms with E-state index < -0.39 is 17.0 Å². The maximum absolute atomic E-state index is 10.4. The van der Waals surface area contributed by atoms with Gasteiger partial charge in [0.25, 0.3) is 0 Å². The summed E-state index contributed by atoms with van der Waals surface area (Å²) in [7, 11) is -1.64. The van der Waals surface area contributed by atoms with Crippen molar-refractivity contribution < 1.29 is 8.32 Å². The molecular formula is C3H8OS. The van der Waals surface area contributed by atoms with Gasteiger partial charge in [-0.2, -0.15) is 0 Å². The fourth-order valence-corrected chi connectivity index (χ4v) is 0. The van der Waals surface area contributed by atoms with E-state index in [-0.39, 0.29) is 5.75 Å². The van der Waals surface area contributed by atoms with Gasteiger partial charge >= 0.3 is 0 Å². The number of rotatable bonds is 1. The van der Waals surface area contributed by atoms with Crippen LogP contribution in [0.2, 0.25) is 0 Å². The zero-order valence-electron chi connectivity index (χ0n) is 6.02. The topological polar surface area (TPSA) is 17.1 Å². The molecule has 0 fully saturated rings. The first-order chi connectivity index (χ1) is 3.48. The molecule has 0 saturated carbocycles. The Morgan fingerprint density at radius 2 is 2.80 bits per heavy atom. The Kier molecular flexibility index (Phi) is 0.830. The van der Waals surface area contributed by atoms with Gasteiger partial charge in [-0.15, -0.1) is 0 Å². The van der Waals surface area contributed by atoms with Crippen LogP contribution in [0.15, 0.2) is 0 Å². The molecule has 0 bridgehead atoms. The molecule has 0 N–H and O–H groups in total. The molecule has 1 atom stereocenters. The minimum absolute atomic E-state index is 0.205. The summed E-state index contributed by atoms with van der Waals surface area (Å²) in [4.78, 5) is 0. The first kappa shape index (κ1) is 1.73. The summed E-state index contributed by atoms with van der Waals surface area (Å²) in [5.74, 6) is 0.205. The lowest BCUT2D eigenvalue weighted by molar-refractivity contribution is 0.687. The average molecular weight is 95.2 g/mol. The van der Waals surface area contributed by atoms with Crippen molar-refractivity contribution >= 4 is 10.8 Å². The fraction of sp³-hybridized carbons (Fsp3) is 1.00. The van der Waals surface area contributed by atoms with Crippen LogP contribution in [0.25, 0.3) is 0 Å². The maximum atomic E-state index is 10.4. The Balaban J connectivity index is 3.82. The summed E-state index contributed by atoms with van der Waals surface area (Å²) < 4.78 is 30.1. The van der Waals surface area contributed by atoms with E-state index in [9.17, 15) is 4.21 Å². The molecule has 0 heterocycles. The summed E-state index contributed by atoms with van der Waals surface area (Å²) in [6.07, 6.45) is -2.27. The second-order valence-corrected chi connectivity index (χ2v) is 1.90. The van der Waals surface area contributed by atoms with Gasteiger partial charge in [-0.1, -0.05) is 6.92 Å². The van der Waals surface area contributed by atoms with Gasteiger partial charge in [-0.25, -0.2) is 0 Å². The van der Waals surface area contributed by atoms with Crippen molar-refractivity contribution in [3.63, 3.8) is 0 Å². The van der Waals surface area contributed by atoms with Gasteiger partial charge < -0.3 is 0 Å². The summed E-state index contributed by atoms with van der Waals surface area (Å²) in [5, 5.41) is 0. The van der Waals surface area contributed by atoms with Crippen LogP contribution in [-0.2, 0) is 10.8 Å². The van der Waals surface area contributed by atoms with Crippen molar-refractivity contribution in [2.24, 2.45) is 0 Å². The first-order valence-electron chi connectivity index (χ1n) is 2.87. The molecule has 0 aliphatic carbocycles. The van der Waals surface area contributed by atoms with Crippen molar-refractivity contribution in [1.29, 1.82) is 0 Å². The van der Waals surface area contributed by atoms with Crippen molar-refractivity contribution in [2.45, 2.75) is 6.92 Å². The molecule has 0 amide bonds. The third-order valence-corrected chi connectivity index (χ3v) is 0.787. The predicted molar refractivity (Wildman–Crippen MR) is 24.6 cm³/mol. The van der Waals surface area contributed by atoms with Crippen LogP contribution in [-0.4, -0.2) is 16.1 Å². The zero-order chi connectivity index (χ0) is 6.78. The van der Waals surface area contributed by atoms with Gasteiger partial charge in [0, 0.05) is 26.8 Å². The van der Waals surface area contributed by atoms with Gasteiger partial charge in [0.15, 0.2) is 0 Å². The van der Waals surface area contributed by atoms with Crippen molar-refractivity contribution in [3.8, 4) is 0 Å². The van der Waals surface area contributed by atoms with E-state index in [1.807, 2.05) is 0 Å². The number of hydrogen-bond acceptors (Lipinski definition) is 1. The Morgan fingerprint density at radius 1 is 2.20 bits per heavy atom. The second kappa shape index (κ2) is 2.39. The molecule has 0 saturated heterocycles. The normalized spacial score (nSPS) is 26.2. The van der Waals surface area contributed by atoms with E-state index >= 15 is 0 Å². The van der Waals surface area contributed by atoms with Gasteiger partial charge in [0.2, 0.25) is 0 Å². The molecular weight excluding hydrogens is 84.1 g/mol. The smallest absolute Gasteiger partial charge is 0.0370 e. The Labute approximate surface area is 39.1 Å². The standard InChI is InChI=1S/C3H8OS/c1-3-5(2)4/h3H2,1-2H3/i2D3. The quantitative estimate of drug-likeness (QED) is 0.460. The molecule has 2 heteroatoms. The molecule has 0 aromatic heterocycles. The van der Waals surface area contributed by atoms with Crippen molar-refractivity contribution in [2.75, 3.05) is 11.9 Å². The third-order valence-electron chi connectivity index (χ3n) is 0.262. The summed E-state index contributed by atoms with van der Waals surface area (Å²) in [6.45, 7) is 1.59. The van der Waals surface area contributed by atoms with Crippen LogP contribution < -0.4 is 0 Å². The Morgan fingerprint density at radius 3 is 2.80 bits per heavy atom. The van der Waals surface area contributed by atoms with Crippen LogP contribution in [0.3, 0.4) is 0 Å². The molecule has 32 valence electrons. The minimum atomic E-state index is -2.27. The second-order valence-electron chi connectivity index (χ2n) is 0.634. The number of hydrogen-bond donors (Lipinski definition) is 0. The van der Waals surface area contributed by atoms with Crippen LogP contribution in [0.1, 0.15) is 11.0 Å². The third kappa shape index (κ3) is 4.15. The van der Waals surface area contributed by atoms with E-state index in [4.69, 9.17) is 4.11 Å². The van der Waals surface area contributed by atoms with Crippen molar-refractivity contribution in [1.82, 2.24) is 0 Å². The van der Waals surface area contributed by atoms with E-state index in [2.05, 4.69) is 0 Å². The lowest BCUT2D eigenvalue weighted by Gasteiger charge is -1.74. The van der Waals surface area contributed by atoms with Crippen LogP contribution in [0, 0.1) is 0 Å². The lowest BCUT2D eigenvalue weighted by Crippen LogP contribution is -1.83. The lowest BCUT2D eigenvalue weighted by atomic mass is 11.0.